The number of aryl methyl sites for hydroxylation is 1. The van der Waals surface area contributed by atoms with Gasteiger partial charge in [-0.25, -0.2) is 14.8 Å². The number of esters is 1. The van der Waals surface area contributed by atoms with Gasteiger partial charge in [-0.05, 0) is 24.6 Å². The van der Waals surface area contributed by atoms with Gasteiger partial charge in [0.25, 0.3) is 5.56 Å². The number of thiophene rings is 1. The van der Waals surface area contributed by atoms with E-state index in [2.05, 4.69) is 16.5 Å². The monoisotopic (exact) mass is 544 g/mol. The number of aliphatic hydroxyl groups is 1. The van der Waals surface area contributed by atoms with Gasteiger partial charge in [0.2, 0.25) is 0 Å². The lowest BCUT2D eigenvalue weighted by atomic mass is 10.1. The first-order valence-corrected chi connectivity index (χ1v) is 13.6. The van der Waals surface area contributed by atoms with E-state index >= 15 is 0 Å². The summed E-state index contributed by atoms with van der Waals surface area (Å²) in [6, 6.07) is 15.3. The van der Waals surface area contributed by atoms with Crippen molar-refractivity contribution in [3.05, 3.63) is 94.1 Å². The van der Waals surface area contributed by atoms with E-state index in [-0.39, 0.29) is 35.0 Å². The van der Waals surface area contributed by atoms with Crippen molar-refractivity contribution >= 4 is 55.9 Å². The van der Waals surface area contributed by atoms with Gasteiger partial charge in [0, 0.05) is 17.5 Å². The smallest absolute Gasteiger partial charge is 0.345 e. The van der Waals surface area contributed by atoms with Gasteiger partial charge in [0.1, 0.15) is 22.0 Å². The molecule has 0 radical (unpaired) electrons. The number of nitrogens with zero attached hydrogens (tertiary/aromatic N) is 3. The minimum atomic E-state index is -0.727. The number of benzene rings is 2. The maximum Gasteiger partial charge on any atom is 0.345 e. The van der Waals surface area contributed by atoms with Crippen molar-refractivity contribution in [3.8, 4) is 11.1 Å². The molecule has 5 rings (SSSR count). The number of para-hydroxylation sites is 2. The molecule has 0 saturated carbocycles. The third kappa shape index (κ3) is 4.75. The molecular formula is C28H24N4O4S2. The van der Waals surface area contributed by atoms with E-state index in [0.717, 1.165) is 34.0 Å². The zero-order valence-corrected chi connectivity index (χ0v) is 22.4. The summed E-state index contributed by atoms with van der Waals surface area (Å²) in [4.78, 5) is 39.1. The first-order valence-electron chi connectivity index (χ1n) is 11.7. The summed E-state index contributed by atoms with van der Waals surface area (Å²) < 4.78 is 6.44. The van der Waals surface area contributed by atoms with Gasteiger partial charge in [-0.15, -0.1) is 17.9 Å². The largest absolute Gasteiger partial charge is 0.510 e. The molecule has 5 aromatic rings. The van der Waals surface area contributed by atoms with Crippen LogP contribution in [0.5, 0.6) is 0 Å². The van der Waals surface area contributed by atoms with Crippen molar-refractivity contribution < 1.29 is 14.6 Å². The van der Waals surface area contributed by atoms with Gasteiger partial charge >= 0.3 is 5.97 Å². The SMILES string of the molecule is C=CCn1c(SC/C(O)=C(\C(=O)OC)c2nc3ccccc3[nH]2)nc2scc(-c3ccc(C)cc3)c2c1=O. The van der Waals surface area contributed by atoms with E-state index < -0.39 is 5.97 Å². The van der Waals surface area contributed by atoms with Gasteiger partial charge in [0.15, 0.2) is 5.16 Å². The highest BCUT2D eigenvalue weighted by Gasteiger charge is 2.23. The van der Waals surface area contributed by atoms with Gasteiger partial charge in [-0.1, -0.05) is 59.8 Å². The Morgan fingerprint density at radius 1 is 1.21 bits per heavy atom. The Morgan fingerprint density at radius 3 is 2.68 bits per heavy atom. The summed E-state index contributed by atoms with van der Waals surface area (Å²) in [7, 11) is 1.24. The van der Waals surface area contributed by atoms with Gasteiger partial charge < -0.3 is 14.8 Å². The maximum atomic E-state index is 13.6. The summed E-state index contributed by atoms with van der Waals surface area (Å²) in [5, 5.41) is 13.9. The molecule has 0 spiro atoms. The molecule has 0 aliphatic carbocycles. The number of hydrogen-bond acceptors (Lipinski definition) is 8. The van der Waals surface area contributed by atoms with Crippen LogP contribution in [-0.4, -0.2) is 43.5 Å². The molecule has 0 amide bonds. The Labute approximate surface area is 226 Å². The lowest BCUT2D eigenvalue weighted by molar-refractivity contribution is -0.133. The molecule has 0 aliphatic rings. The Kier molecular flexibility index (Phi) is 7.17. The number of aromatic amines is 1. The molecular weight excluding hydrogens is 520 g/mol. The van der Waals surface area contributed by atoms with Gasteiger partial charge in [0.05, 0.1) is 29.3 Å². The summed E-state index contributed by atoms with van der Waals surface area (Å²) in [5.74, 6) is -0.807. The Morgan fingerprint density at radius 2 is 1.97 bits per heavy atom. The maximum absolute atomic E-state index is 13.6. The van der Waals surface area contributed by atoms with E-state index in [4.69, 9.17) is 9.72 Å². The number of rotatable bonds is 8. The first kappa shape index (κ1) is 25.5. The van der Waals surface area contributed by atoms with Crippen LogP contribution in [0.3, 0.4) is 0 Å². The Hall–Kier alpha value is -4.15. The van der Waals surface area contributed by atoms with Crippen LogP contribution in [0, 0.1) is 6.92 Å². The van der Waals surface area contributed by atoms with Crippen LogP contribution in [0.2, 0.25) is 0 Å². The van der Waals surface area contributed by atoms with Crippen LogP contribution < -0.4 is 5.56 Å². The highest BCUT2D eigenvalue weighted by molar-refractivity contribution is 7.99. The lowest BCUT2D eigenvalue weighted by Gasteiger charge is -2.12. The number of aromatic nitrogens is 4. The molecule has 192 valence electrons. The van der Waals surface area contributed by atoms with Crippen molar-refractivity contribution in [2.45, 2.75) is 18.6 Å². The average molecular weight is 545 g/mol. The van der Waals surface area contributed by atoms with E-state index in [1.165, 1.54) is 23.0 Å². The third-order valence-corrected chi connectivity index (χ3v) is 7.84. The first-order chi connectivity index (χ1) is 18.4. The van der Waals surface area contributed by atoms with Crippen molar-refractivity contribution in [2.75, 3.05) is 12.9 Å². The van der Waals surface area contributed by atoms with Crippen LogP contribution in [0.1, 0.15) is 11.4 Å². The predicted octanol–water partition coefficient (Wildman–Crippen LogP) is 5.73. The summed E-state index contributed by atoms with van der Waals surface area (Å²) in [6.07, 6.45) is 1.63. The molecule has 0 unspecified atom stereocenters. The van der Waals surface area contributed by atoms with E-state index in [1.54, 1.807) is 12.1 Å². The molecule has 0 fully saturated rings. The fourth-order valence-corrected chi connectivity index (χ4v) is 5.96. The van der Waals surface area contributed by atoms with Crippen molar-refractivity contribution in [3.63, 3.8) is 0 Å². The minimum absolute atomic E-state index is 0.0350. The molecule has 8 nitrogen and oxygen atoms in total. The number of thioether (sulfide) groups is 1. The molecule has 0 bridgehead atoms. The number of methoxy groups -OCH3 is 1. The zero-order chi connectivity index (χ0) is 26.8. The predicted molar refractivity (Wildman–Crippen MR) is 153 cm³/mol. The number of allylic oxidation sites excluding steroid dienone is 1. The Bertz CT molecular complexity index is 1730. The van der Waals surface area contributed by atoms with Crippen molar-refractivity contribution in [2.24, 2.45) is 0 Å². The Balaban J connectivity index is 1.54. The number of imidazole rings is 1. The molecule has 2 N–H and O–H groups in total. The molecule has 3 aromatic heterocycles. The number of fused-ring (bicyclic) bond motifs is 2. The van der Waals surface area contributed by atoms with Gasteiger partial charge in [-0.2, -0.15) is 0 Å². The molecule has 0 saturated heterocycles. The molecule has 10 heteroatoms. The van der Waals surface area contributed by atoms with Crippen molar-refractivity contribution in [1.29, 1.82) is 0 Å². The third-order valence-electron chi connectivity index (χ3n) is 5.98. The van der Waals surface area contributed by atoms with Crippen LogP contribution in [0.15, 0.2) is 82.3 Å². The lowest BCUT2D eigenvalue weighted by Crippen LogP contribution is -2.22. The van der Waals surface area contributed by atoms with Gasteiger partial charge in [-0.3, -0.25) is 9.36 Å². The van der Waals surface area contributed by atoms with Crippen LogP contribution in [0.4, 0.5) is 0 Å². The average Bonchev–Trinajstić information content (AvgIpc) is 3.54. The normalized spacial score (nSPS) is 12.1. The highest BCUT2D eigenvalue weighted by atomic mass is 32.2. The van der Waals surface area contributed by atoms with Crippen molar-refractivity contribution in [1.82, 2.24) is 19.5 Å². The number of hydrogen-bond donors (Lipinski definition) is 2. The second kappa shape index (κ2) is 10.7. The quantitative estimate of drug-likeness (QED) is 0.0641. The topological polar surface area (TPSA) is 110 Å². The standard InChI is InChI=1S/C28H24N4O4S2/c1-4-13-32-26(34)22-18(17-11-9-16(2)10-12-17)14-37-25(22)31-28(32)38-15-21(33)23(27(35)36-3)24-29-19-7-5-6-8-20(19)30-24/h4-12,14,33H,1,13,15H2,2-3H3,(H,29,30)/b23-21+. The number of H-pyrrole nitrogens is 1. The molecule has 2 aromatic carbocycles. The second-order valence-electron chi connectivity index (χ2n) is 8.50. The summed E-state index contributed by atoms with van der Waals surface area (Å²) in [6.45, 7) is 6.04. The minimum Gasteiger partial charge on any atom is -0.510 e. The molecule has 38 heavy (non-hydrogen) atoms. The van der Waals surface area contributed by atoms with E-state index in [1.807, 2.05) is 54.8 Å². The second-order valence-corrected chi connectivity index (χ2v) is 10.3. The fraction of sp³-hybridized carbons (Fsp3) is 0.143. The summed E-state index contributed by atoms with van der Waals surface area (Å²) in [5.41, 5.74) is 4.02. The number of carbonyl (C=O) groups excluding carboxylic acids is 1. The molecule has 0 aliphatic heterocycles. The van der Waals surface area contributed by atoms with Crippen LogP contribution in [-0.2, 0) is 16.1 Å². The number of ether oxygens (including phenoxy) is 1. The highest BCUT2D eigenvalue weighted by Crippen LogP contribution is 2.33. The van der Waals surface area contributed by atoms with Crippen LogP contribution in [0.25, 0.3) is 38.0 Å². The van der Waals surface area contributed by atoms with E-state index in [0.29, 0.717) is 20.9 Å². The molecule has 3 heterocycles. The summed E-state index contributed by atoms with van der Waals surface area (Å²) >= 11 is 2.53. The van der Waals surface area contributed by atoms with Crippen LogP contribution >= 0.6 is 23.1 Å². The number of aliphatic hydroxyl groups excluding tert-OH is 1. The molecule has 0 atom stereocenters. The van der Waals surface area contributed by atoms with E-state index in [9.17, 15) is 14.7 Å². The number of nitrogens with one attached hydrogen (secondary N) is 1. The number of carbonyl (C=O) groups is 1. The zero-order valence-electron chi connectivity index (χ0n) is 20.7. The fourth-order valence-electron chi connectivity index (χ4n) is 4.08.